The van der Waals surface area contributed by atoms with Gasteiger partial charge in [0.05, 0.1) is 39.3 Å². The Labute approximate surface area is 216 Å². The fourth-order valence-corrected chi connectivity index (χ4v) is 4.47. The van der Waals surface area contributed by atoms with Gasteiger partial charge in [0, 0.05) is 55.7 Å². The molecule has 0 aliphatic carbocycles. The fraction of sp³-hybridized carbons (Fsp3) is 0.444. The standard InChI is InChI=1S/C27H34N4O6/c1-18(2)31-16-19(15-28-31)23(14-25(33)36-4)27-26(34)24(32)13-22(37-27)17-29-9-11-30(12-10-29)20-5-7-21(35-3)8-6-20/h5-8,13,15-16,18,23,34H,9-12,14,17H2,1-4H3/t23-/m0/s1. The molecule has 1 N–H and O–H groups in total. The quantitative estimate of drug-likeness (QED) is 0.434. The highest BCUT2D eigenvalue weighted by Crippen LogP contribution is 2.34. The molecule has 1 aliphatic heterocycles. The van der Waals surface area contributed by atoms with E-state index in [-0.39, 0.29) is 18.2 Å². The number of carbonyl (C=O) groups excluding carboxylic acids is 1. The summed E-state index contributed by atoms with van der Waals surface area (Å²) in [6.45, 7) is 7.58. The zero-order valence-electron chi connectivity index (χ0n) is 21.7. The number of benzene rings is 1. The van der Waals surface area contributed by atoms with Crippen molar-refractivity contribution in [3.63, 3.8) is 0 Å². The predicted molar refractivity (Wildman–Crippen MR) is 138 cm³/mol. The van der Waals surface area contributed by atoms with Gasteiger partial charge in [0.15, 0.2) is 5.76 Å². The molecule has 1 aromatic carbocycles. The van der Waals surface area contributed by atoms with Gasteiger partial charge in [0.1, 0.15) is 11.5 Å². The first kappa shape index (κ1) is 26.3. The van der Waals surface area contributed by atoms with Gasteiger partial charge in [-0.05, 0) is 38.1 Å². The van der Waals surface area contributed by atoms with E-state index in [1.165, 1.54) is 13.2 Å². The first-order chi connectivity index (χ1) is 17.8. The maximum atomic E-state index is 12.7. The molecule has 0 radical (unpaired) electrons. The van der Waals surface area contributed by atoms with E-state index >= 15 is 0 Å². The molecular formula is C27H34N4O6. The van der Waals surface area contributed by atoms with Crippen LogP contribution in [-0.4, -0.2) is 66.2 Å². The third-order valence-electron chi connectivity index (χ3n) is 6.66. The topological polar surface area (TPSA) is 110 Å². The molecule has 10 heteroatoms. The van der Waals surface area contributed by atoms with Gasteiger partial charge < -0.3 is 23.9 Å². The SMILES string of the molecule is COC(=O)C[C@@H](c1cnn(C(C)C)c1)c1oc(CN2CCN(c3ccc(OC)cc3)CC2)cc(=O)c1O. The van der Waals surface area contributed by atoms with Gasteiger partial charge in [-0.3, -0.25) is 19.2 Å². The number of rotatable bonds is 9. The molecule has 0 saturated carbocycles. The molecule has 198 valence electrons. The van der Waals surface area contributed by atoms with Crippen molar-refractivity contribution in [1.82, 2.24) is 14.7 Å². The Balaban J connectivity index is 1.52. The van der Waals surface area contributed by atoms with E-state index in [4.69, 9.17) is 13.9 Å². The second-order valence-electron chi connectivity index (χ2n) is 9.43. The monoisotopic (exact) mass is 510 g/mol. The van der Waals surface area contributed by atoms with Crippen LogP contribution >= 0.6 is 0 Å². The van der Waals surface area contributed by atoms with Crippen molar-refractivity contribution in [2.75, 3.05) is 45.3 Å². The number of esters is 1. The molecule has 3 aromatic rings. The van der Waals surface area contributed by atoms with Crippen LogP contribution in [0.2, 0.25) is 0 Å². The van der Waals surface area contributed by atoms with E-state index in [0.717, 1.165) is 37.6 Å². The first-order valence-corrected chi connectivity index (χ1v) is 12.4. The minimum absolute atomic E-state index is 0.0491. The van der Waals surface area contributed by atoms with Gasteiger partial charge in [-0.2, -0.15) is 5.10 Å². The molecule has 1 aliphatic rings. The molecule has 4 rings (SSSR count). The Hall–Kier alpha value is -3.79. The third-order valence-corrected chi connectivity index (χ3v) is 6.66. The maximum absolute atomic E-state index is 12.7. The highest BCUT2D eigenvalue weighted by atomic mass is 16.5. The summed E-state index contributed by atoms with van der Waals surface area (Å²) < 4.78 is 18.0. The molecule has 1 atom stereocenters. The molecule has 1 saturated heterocycles. The van der Waals surface area contributed by atoms with Crippen LogP contribution in [0, 0.1) is 0 Å². The van der Waals surface area contributed by atoms with E-state index < -0.39 is 23.1 Å². The maximum Gasteiger partial charge on any atom is 0.306 e. The smallest absolute Gasteiger partial charge is 0.306 e. The van der Waals surface area contributed by atoms with Crippen molar-refractivity contribution >= 4 is 11.7 Å². The lowest BCUT2D eigenvalue weighted by Gasteiger charge is -2.36. The Morgan fingerprint density at radius 2 is 1.84 bits per heavy atom. The van der Waals surface area contributed by atoms with E-state index in [9.17, 15) is 14.7 Å². The summed E-state index contributed by atoms with van der Waals surface area (Å²) in [7, 11) is 2.95. The number of carbonyl (C=O) groups is 1. The average molecular weight is 511 g/mol. The number of nitrogens with zero attached hydrogens (tertiary/aromatic N) is 4. The highest BCUT2D eigenvalue weighted by Gasteiger charge is 2.28. The number of aromatic nitrogens is 2. The van der Waals surface area contributed by atoms with Crippen LogP contribution in [-0.2, 0) is 16.1 Å². The summed E-state index contributed by atoms with van der Waals surface area (Å²) in [5.41, 5.74) is 1.24. The van der Waals surface area contributed by atoms with E-state index in [1.54, 1.807) is 24.2 Å². The second-order valence-corrected chi connectivity index (χ2v) is 9.43. The normalized spacial score (nSPS) is 15.1. The number of piperazine rings is 1. The van der Waals surface area contributed by atoms with Gasteiger partial charge >= 0.3 is 5.97 Å². The lowest BCUT2D eigenvalue weighted by atomic mass is 9.94. The number of ether oxygens (including phenoxy) is 2. The van der Waals surface area contributed by atoms with Crippen molar-refractivity contribution in [1.29, 1.82) is 0 Å². The number of aromatic hydroxyl groups is 1. The van der Waals surface area contributed by atoms with Crippen LogP contribution in [0.3, 0.4) is 0 Å². The van der Waals surface area contributed by atoms with Crippen molar-refractivity contribution in [2.24, 2.45) is 0 Å². The lowest BCUT2D eigenvalue weighted by Crippen LogP contribution is -2.46. The molecule has 37 heavy (non-hydrogen) atoms. The van der Waals surface area contributed by atoms with Crippen LogP contribution in [0.1, 0.15) is 49.3 Å². The second kappa shape index (κ2) is 11.5. The van der Waals surface area contributed by atoms with Crippen LogP contribution in [0.5, 0.6) is 11.5 Å². The molecule has 0 amide bonds. The summed E-state index contributed by atoms with van der Waals surface area (Å²) in [5.74, 6) is -0.388. The lowest BCUT2D eigenvalue weighted by molar-refractivity contribution is -0.140. The van der Waals surface area contributed by atoms with Crippen molar-refractivity contribution in [3.05, 3.63) is 70.0 Å². The van der Waals surface area contributed by atoms with Crippen LogP contribution in [0.25, 0.3) is 0 Å². The molecule has 0 unspecified atom stereocenters. The summed E-state index contributed by atoms with van der Waals surface area (Å²) in [6, 6.07) is 9.41. The summed E-state index contributed by atoms with van der Waals surface area (Å²) in [6.07, 6.45) is 3.32. The number of anilines is 1. The third kappa shape index (κ3) is 6.14. The molecule has 0 spiro atoms. The summed E-state index contributed by atoms with van der Waals surface area (Å²) >= 11 is 0. The minimum atomic E-state index is -0.709. The van der Waals surface area contributed by atoms with E-state index in [2.05, 4.69) is 14.9 Å². The van der Waals surface area contributed by atoms with Gasteiger partial charge in [0.2, 0.25) is 11.2 Å². The zero-order valence-corrected chi connectivity index (χ0v) is 21.7. The highest BCUT2D eigenvalue weighted by molar-refractivity contribution is 5.71. The molecule has 2 aromatic heterocycles. The van der Waals surface area contributed by atoms with Crippen molar-refractivity contribution < 1.29 is 23.8 Å². The Kier molecular flexibility index (Phi) is 8.17. The van der Waals surface area contributed by atoms with E-state index in [0.29, 0.717) is 17.9 Å². The van der Waals surface area contributed by atoms with Crippen molar-refractivity contribution in [3.8, 4) is 11.5 Å². The Bertz CT molecular complexity index is 1260. The van der Waals surface area contributed by atoms with E-state index in [1.807, 2.05) is 38.1 Å². The summed E-state index contributed by atoms with van der Waals surface area (Å²) in [5, 5.41) is 15.0. The van der Waals surface area contributed by atoms with Gasteiger partial charge in [-0.1, -0.05) is 0 Å². The largest absolute Gasteiger partial charge is 0.502 e. The molecule has 1 fully saturated rings. The fourth-order valence-electron chi connectivity index (χ4n) is 4.47. The molecular weight excluding hydrogens is 476 g/mol. The zero-order chi connectivity index (χ0) is 26.5. The average Bonchev–Trinajstić information content (AvgIpc) is 3.40. The van der Waals surface area contributed by atoms with Gasteiger partial charge in [-0.25, -0.2) is 0 Å². The number of hydrogen-bond acceptors (Lipinski definition) is 9. The molecule has 10 nitrogen and oxygen atoms in total. The Morgan fingerprint density at radius 1 is 1.14 bits per heavy atom. The van der Waals surface area contributed by atoms with Crippen LogP contribution in [0.15, 0.2) is 51.9 Å². The number of methoxy groups -OCH3 is 2. The predicted octanol–water partition coefficient (Wildman–Crippen LogP) is 3.15. The summed E-state index contributed by atoms with van der Waals surface area (Å²) in [4.78, 5) is 29.4. The molecule has 0 bridgehead atoms. The van der Waals surface area contributed by atoms with Crippen molar-refractivity contribution in [2.45, 2.75) is 38.8 Å². The van der Waals surface area contributed by atoms with Crippen LogP contribution in [0.4, 0.5) is 5.69 Å². The Morgan fingerprint density at radius 3 is 2.43 bits per heavy atom. The number of hydrogen-bond donors (Lipinski definition) is 1. The molecule has 3 heterocycles. The van der Waals surface area contributed by atoms with Gasteiger partial charge in [-0.15, -0.1) is 0 Å². The van der Waals surface area contributed by atoms with Gasteiger partial charge in [0.25, 0.3) is 0 Å². The van der Waals surface area contributed by atoms with Crippen LogP contribution < -0.4 is 15.1 Å². The minimum Gasteiger partial charge on any atom is -0.502 e. The first-order valence-electron chi connectivity index (χ1n) is 12.4.